The van der Waals surface area contributed by atoms with Crippen molar-refractivity contribution in [1.82, 2.24) is 9.80 Å². The van der Waals surface area contributed by atoms with Crippen LogP contribution in [0, 0.1) is 11.8 Å². The van der Waals surface area contributed by atoms with Gasteiger partial charge in [0.15, 0.2) is 0 Å². The maximum Gasteiger partial charge on any atom is 0.234 e. The number of ether oxygens (including phenoxy) is 1. The Labute approximate surface area is 130 Å². The predicted octanol–water partition coefficient (Wildman–Crippen LogP) is 1.52. The molecule has 2 fully saturated rings. The molecule has 0 radical (unpaired) electrons. The van der Waals surface area contributed by atoms with E-state index in [0.717, 1.165) is 11.3 Å². The zero-order valence-corrected chi connectivity index (χ0v) is 13.3. The number of imide groups is 1. The number of likely N-dealkylation sites (tertiary alicyclic amines) is 2. The van der Waals surface area contributed by atoms with E-state index in [1.807, 2.05) is 38.1 Å². The highest BCUT2D eigenvalue weighted by Crippen LogP contribution is 2.34. The van der Waals surface area contributed by atoms with Crippen LogP contribution in [0.25, 0.3) is 0 Å². The molecule has 0 aromatic heterocycles. The van der Waals surface area contributed by atoms with Gasteiger partial charge in [-0.1, -0.05) is 18.2 Å². The van der Waals surface area contributed by atoms with Crippen LogP contribution in [0.5, 0.6) is 5.75 Å². The van der Waals surface area contributed by atoms with Crippen LogP contribution in [0.2, 0.25) is 0 Å². The van der Waals surface area contributed by atoms with Crippen molar-refractivity contribution in [2.75, 3.05) is 20.1 Å². The van der Waals surface area contributed by atoms with E-state index >= 15 is 0 Å². The Morgan fingerprint density at radius 3 is 2.32 bits per heavy atom. The molecule has 2 atom stereocenters. The van der Waals surface area contributed by atoms with Gasteiger partial charge in [-0.3, -0.25) is 19.4 Å². The number of nitrogens with zero attached hydrogens (tertiary/aromatic N) is 2. The average molecular weight is 302 g/mol. The third kappa shape index (κ3) is 2.61. The topological polar surface area (TPSA) is 49.9 Å². The van der Waals surface area contributed by atoms with Crippen molar-refractivity contribution in [1.29, 1.82) is 0 Å². The third-order valence-electron chi connectivity index (χ3n) is 4.42. The molecular formula is C17H22N2O3. The molecule has 2 saturated heterocycles. The lowest BCUT2D eigenvalue weighted by Gasteiger charge is -2.21. The van der Waals surface area contributed by atoms with E-state index in [9.17, 15) is 9.59 Å². The van der Waals surface area contributed by atoms with Gasteiger partial charge in [-0.05, 0) is 19.9 Å². The fourth-order valence-electron chi connectivity index (χ4n) is 3.37. The number of carbonyl (C=O) groups excluding carboxylic acids is 2. The van der Waals surface area contributed by atoms with Crippen molar-refractivity contribution in [2.45, 2.75) is 26.5 Å². The molecule has 0 saturated carbocycles. The van der Waals surface area contributed by atoms with Gasteiger partial charge < -0.3 is 4.74 Å². The lowest BCUT2D eigenvalue weighted by molar-refractivity contribution is -0.138. The highest BCUT2D eigenvalue weighted by Gasteiger charge is 2.50. The minimum atomic E-state index is -0.171. The first-order chi connectivity index (χ1) is 10.5. The largest absolute Gasteiger partial charge is 0.491 e. The fourth-order valence-corrected chi connectivity index (χ4v) is 3.37. The summed E-state index contributed by atoms with van der Waals surface area (Å²) < 4.78 is 5.84. The van der Waals surface area contributed by atoms with Crippen LogP contribution < -0.4 is 4.74 Å². The number of carbonyl (C=O) groups is 2. The second-order valence-electron chi connectivity index (χ2n) is 6.42. The van der Waals surface area contributed by atoms with Crippen LogP contribution in [0.3, 0.4) is 0 Å². The van der Waals surface area contributed by atoms with Crippen molar-refractivity contribution in [2.24, 2.45) is 11.8 Å². The van der Waals surface area contributed by atoms with Crippen LogP contribution in [0.4, 0.5) is 0 Å². The molecule has 0 spiro atoms. The van der Waals surface area contributed by atoms with Gasteiger partial charge in [-0.15, -0.1) is 0 Å². The normalized spacial score (nSPS) is 25.2. The number of fused-ring (bicyclic) bond motifs is 1. The SMILES string of the molecule is CC(C)Oc1ccccc1CN1C[C@@H]2C(=O)N(C)C(=O)[C@@H]2C1. The molecule has 22 heavy (non-hydrogen) atoms. The first-order valence-electron chi connectivity index (χ1n) is 7.75. The lowest BCUT2D eigenvalue weighted by Crippen LogP contribution is -2.33. The molecule has 2 aliphatic heterocycles. The molecule has 5 heteroatoms. The fraction of sp³-hybridized carbons (Fsp3) is 0.529. The van der Waals surface area contributed by atoms with E-state index in [1.54, 1.807) is 7.05 Å². The minimum Gasteiger partial charge on any atom is -0.491 e. The van der Waals surface area contributed by atoms with Crippen molar-refractivity contribution in [3.05, 3.63) is 29.8 Å². The number of hydrogen-bond acceptors (Lipinski definition) is 4. The van der Waals surface area contributed by atoms with Crippen molar-refractivity contribution in [3.8, 4) is 5.75 Å². The van der Waals surface area contributed by atoms with E-state index in [4.69, 9.17) is 4.74 Å². The smallest absolute Gasteiger partial charge is 0.234 e. The second kappa shape index (κ2) is 5.72. The highest BCUT2D eigenvalue weighted by atomic mass is 16.5. The Morgan fingerprint density at radius 2 is 1.73 bits per heavy atom. The molecule has 0 aliphatic carbocycles. The summed E-state index contributed by atoms with van der Waals surface area (Å²) in [6.07, 6.45) is 0.121. The predicted molar refractivity (Wildman–Crippen MR) is 82.2 cm³/mol. The zero-order chi connectivity index (χ0) is 15.9. The Hall–Kier alpha value is -1.88. The van der Waals surface area contributed by atoms with Crippen molar-refractivity contribution < 1.29 is 14.3 Å². The summed E-state index contributed by atoms with van der Waals surface area (Å²) in [5.41, 5.74) is 1.10. The zero-order valence-electron chi connectivity index (χ0n) is 13.3. The molecule has 2 amide bonds. The molecular weight excluding hydrogens is 280 g/mol. The van der Waals surface area contributed by atoms with Crippen LogP contribution in [0.1, 0.15) is 19.4 Å². The van der Waals surface area contributed by atoms with Gasteiger partial charge in [0.05, 0.1) is 17.9 Å². The first kappa shape index (κ1) is 15.0. The molecule has 2 aliphatic rings. The van der Waals surface area contributed by atoms with Crippen molar-refractivity contribution in [3.63, 3.8) is 0 Å². The maximum absolute atomic E-state index is 12.1. The van der Waals surface area contributed by atoms with Crippen LogP contribution in [-0.4, -0.2) is 47.9 Å². The number of rotatable bonds is 4. The maximum atomic E-state index is 12.1. The van der Waals surface area contributed by atoms with E-state index in [0.29, 0.717) is 19.6 Å². The quantitative estimate of drug-likeness (QED) is 0.791. The van der Waals surface area contributed by atoms with Crippen LogP contribution in [-0.2, 0) is 16.1 Å². The second-order valence-corrected chi connectivity index (χ2v) is 6.42. The van der Waals surface area contributed by atoms with Gasteiger partial charge in [0.1, 0.15) is 5.75 Å². The molecule has 0 N–H and O–H groups in total. The minimum absolute atomic E-state index is 0.0378. The average Bonchev–Trinajstić information content (AvgIpc) is 2.97. The van der Waals surface area contributed by atoms with Gasteiger partial charge in [-0.25, -0.2) is 0 Å². The molecule has 118 valence electrons. The van der Waals surface area contributed by atoms with Gasteiger partial charge in [-0.2, -0.15) is 0 Å². The van der Waals surface area contributed by atoms with Crippen molar-refractivity contribution >= 4 is 11.8 Å². The Balaban J connectivity index is 1.72. The monoisotopic (exact) mass is 302 g/mol. The molecule has 5 nitrogen and oxygen atoms in total. The number of benzene rings is 1. The van der Waals surface area contributed by atoms with Crippen LogP contribution >= 0.6 is 0 Å². The van der Waals surface area contributed by atoms with Gasteiger partial charge >= 0.3 is 0 Å². The van der Waals surface area contributed by atoms with E-state index in [-0.39, 0.29) is 29.8 Å². The lowest BCUT2D eigenvalue weighted by atomic mass is 10.00. The van der Waals surface area contributed by atoms with E-state index < -0.39 is 0 Å². The Morgan fingerprint density at radius 1 is 1.14 bits per heavy atom. The van der Waals surface area contributed by atoms with Gasteiger partial charge in [0, 0.05) is 32.2 Å². The molecule has 0 unspecified atom stereocenters. The molecule has 0 bridgehead atoms. The Kier molecular flexibility index (Phi) is 3.91. The molecule has 1 aromatic carbocycles. The summed E-state index contributed by atoms with van der Waals surface area (Å²) in [5.74, 6) is 0.462. The summed E-state index contributed by atoms with van der Waals surface area (Å²) in [6.45, 7) is 6.01. The van der Waals surface area contributed by atoms with Gasteiger partial charge in [0.25, 0.3) is 0 Å². The van der Waals surface area contributed by atoms with Crippen LogP contribution in [0.15, 0.2) is 24.3 Å². The van der Waals surface area contributed by atoms with Gasteiger partial charge in [0.2, 0.25) is 11.8 Å². The molecule has 3 rings (SSSR count). The number of para-hydroxylation sites is 1. The molecule has 2 heterocycles. The summed E-state index contributed by atoms with van der Waals surface area (Å²) in [4.78, 5) is 27.6. The third-order valence-corrected chi connectivity index (χ3v) is 4.42. The summed E-state index contributed by atoms with van der Waals surface area (Å²) >= 11 is 0. The molecule has 1 aromatic rings. The number of hydrogen-bond donors (Lipinski definition) is 0. The summed E-state index contributed by atoms with van der Waals surface area (Å²) in [5, 5.41) is 0. The first-order valence-corrected chi connectivity index (χ1v) is 7.75. The van der Waals surface area contributed by atoms with E-state index in [2.05, 4.69) is 4.90 Å². The standard InChI is InChI=1S/C17H22N2O3/c1-11(2)22-15-7-5-4-6-12(15)8-19-9-13-14(10-19)17(21)18(3)16(13)20/h4-7,11,13-14H,8-10H2,1-3H3/t13-,14+. The highest BCUT2D eigenvalue weighted by molar-refractivity contribution is 6.05. The summed E-state index contributed by atoms with van der Waals surface area (Å²) in [7, 11) is 1.58. The summed E-state index contributed by atoms with van der Waals surface area (Å²) in [6, 6.07) is 7.96. The Bertz CT molecular complexity index is 575. The number of amides is 2. The van der Waals surface area contributed by atoms with E-state index in [1.165, 1.54) is 4.90 Å².